The second-order valence-corrected chi connectivity index (χ2v) is 5.38. The molecule has 0 aliphatic rings. The van der Waals surface area contributed by atoms with Gasteiger partial charge in [-0.05, 0) is 48.2 Å². The van der Waals surface area contributed by atoms with Crippen LogP contribution in [0, 0.1) is 0 Å². The normalized spacial score (nSPS) is 10.6. The monoisotopic (exact) mass is 267 g/mol. The average molecular weight is 267 g/mol. The number of benzene rings is 2. The molecule has 0 aliphatic heterocycles. The van der Waals surface area contributed by atoms with E-state index < -0.39 is 0 Å². The number of rotatable bonds is 5. The van der Waals surface area contributed by atoms with Crippen LogP contribution in [0.1, 0.15) is 48.2 Å². The molecule has 0 aliphatic carbocycles. The van der Waals surface area contributed by atoms with Crippen LogP contribution in [-0.2, 0) is 6.54 Å². The van der Waals surface area contributed by atoms with Crippen molar-refractivity contribution in [1.29, 1.82) is 0 Å². The van der Waals surface area contributed by atoms with Crippen LogP contribution in [0.2, 0.25) is 0 Å². The zero-order valence-corrected chi connectivity index (χ0v) is 12.3. The third-order valence-electron chi connectivity index (χ3n) is 3.43. The summed E-state index contributed by atoms with van der Waals surface area (Å²) >= 11 is 0. The van der Waals surface area contributed by atoms with Gasteiger partial charge in [0.25, 0.3) is 0 Å². The molecule has 0 spiro atoms. The standard InChI is InChI=1S/C18H21NO/c1-13(2)16-6-4-15(5-7-16)12-19-18-10-8-17(9-11-18)14(3)20/h4-11,13,19H,12H2,1-3H3. The molecule has 2 aromatic carbocycles. The molecular weight excluding hydrogens is 246 g/mol. The lowest BCUT2D eigenvalue weighted by atomic mass is 10.0. The molecule has 0 saturated heterocycles. The summed E-state index contributed by atoms with van der Waals surface area (Å²) in [4.78, 5) is 11.2. The highest BCUT2D eigenvalue weighted by Crippen LogP contribution is 2.16. The average Bonchev–Trinajstić information content (AvgIpc) is 2.46. The summed E-state index contributed by atoms with van der Waals surface area (Å²) in [5.74, 6) is 0.664. The van der Waals surface area contributed by atoms with Crippen LogP contribution in [0.3, 0.4) is 0 Å². The minimum Gasteiger partial charge on any atom is -0.381 e. The molecule has 0 bridgehead atoms. The van der Waals surface area contributed by atoms with Gasteiger partial charge in [-0.1, -0.05) is 38.1 Å². The van der Waals surface area contributed by atoms with Crippen molar-refractivity contribution in [2.24, 2.45) is 0 Å². The fourth-order valence-corrected chi connectivity index (χ4v) is 2.05. The molecular formula is C18H21NO. The third-order valence-corrected chi connectivity index (χ3v) is 3.43. The van der Waals surface area contributed by atoms with Crippen molar-refractivity contribution >= 4 is 11.5 Å². The smallest absolute Gasteiger partial charge is 0.159 e. The zero-order valence-electron chi connectivity index (χ0n) is 12.3. The van der Waals surface area contributed by atoms with Crippen molar-refractivity contribution in [3.63, 3.8) is 0 Å². The van der Waals surface area contributed by atoms with Gasteiger partial charge in [0.1, 0.15) is 0 Å². The first-order valence-corrected chi connectivity index (χ1v) is 7.00. The van der Waals surface area contributed by atoms with Gasteiger partial charge in [0.05, 0.1) is 0 Å². The largest absolute Gasteiger partial charge is 0.381 e. The van der Waals surface area contributed by atoms with Crippen molar-refractivity contribution in [2.45, 2.75) is 33.2 Å². The first-order valence-electron chi connectivity index (χ1n) is 7.00. The van der Waals surface area contributed by atoms with Crippen molar-refractivity contribution < 1.29 is 4.79 Å². The minimum absolute atomic E-state index is 0.0980. The lowest BCUT2D eigenvalue weighted by molar-refractivity contribution is 0.101. The van der Waals surface area contributed by atoms with Crippen LogP contribution in [0.4, 0.5) is 5.69 Å². The van der Waals surface area contributed by atoms with E-state index in [0.717, 1.165) is 17.8 Å². The molecule has 0 unspecified atom stereocenters. The van der Waals surface area contributed by atoms with Crippen molar-refractivity contribution in [3.05, 3.63) is 65.2 Å². The molecule has 0 amide bonds. The van der Waals surface area contributed by atoms with E-state index in [4.69, 9.17) is 0 Å². The number of hydrogen-bond donors (Lipinski definition) is 1. The van der Waals surface area contributed by atoms with Gasteiger partial charge in [0.15, 0.2) is 5.78 Å². The van der Waals surface area contributed by atoms with Crippen LogP contribution in [0.15, 0.2) is 48.5 Å². The Morgan fingerprint density at radius 2 is 1.60 bits per heavy atom. The van der Waals surface area contributed by atoms with Crippen LogP contribution in [-0.4, -0.2) is 5.78 Å². The number of nitrogens with one attached hydrogen (secondary N) is 1. The molecule has 0 heterocycles. The Kier molecular flexibility index (Phi) is 4.57. The molecule has 20 heavy (non-hydrogen) atoms. The Morgan fingerprint density at radius 1 is 1.00 bits per heavy atom. The number of carbonyl (C=O) groups is 1. The fourth-order valence-electron chi connectivity index (χ4n) is 2.05. The highest BCUT2D eigenvalue weighted by atomic mass is 16.1. The fraction of sp³-hybridized carbons (Fsp3) is 0.278. The molecule has 2 rings (SSSR count). The van der Waals surface area contributed by atoms with E-state index >= 15 is 0 Å². The lowest BCUT2D eigenvalue weighted by Crippen LogP contribution is -2.00. The SMILES string of the molecule is CC(=O)c1ccc(NCc2ccc(C(C)C)cc2)cc1. The summed E-state index contributed by atoms with van der Waals surface area (Å²) in [6.07, 6.45) is 0. The second-order valence-electron chi connectivity index (χ2n) is 5.38. The topological polar surface area (TPSA) is 29.1 Å². The Balaban J connectivity index is 1.96. The third kappa shape index (κ3) is 3.70. The molecule has 0 fully saturated rings. The molecule has 104 valence electrons. The Labute approximate surface area is 120 Å². The lowest BCUT2D eigenvalue weighted by Gasteiger charge is -2.09. The molecule has 1 N–H and O–H groups in total. The van der Waals surface area contributed by atoms with E-state index in [1.165, 1.54) is 11.1 Å². The molecule has 0 atom stereocenters. The maximum absolute atomic E-state index is 11.2. The van der Waals surface area contributed by atoms with Gasteiger partial charge in [-0.25, -0.2) is 0 Å². The number of hydrogen-bond acceptors (Lipinski definition) is 2. The van der Waals surface area contributed by atoms with Gasteiger partial charge in [0, 0.05) is 17.8 Å². The van der Waals surface area contributed by atoms with E-state index in [0.29, 0.717) is 5.92 Å². The predicted molar refractivity (Wildman–Crippen MR) is 84.3 cm³/mol. The molecule has 0 saturated carbocycles. The van der Waals surface area contributed by atoms with Crippen molar-refractivity contribution in [2.75, 3.05) is 5.32 Å². The Bertz CT molecular complexity index is 567. The minimum atomic E-state index is 0.0980. The van der Waals surface area contributed by atoms with Gasteiger partial charge in [-0.15, -0.1) is 0 Å². The molecule has 0 aromatic heterocycles. The van der Waals surface area contributed by atoms with Gasteiger partial charge in [0.2, 0.25) is 0 Å². The summed E-state index contributed by atoms with van der Waals surface area (Å²) in [5.41, 5.74) is 4.39. The maximum atomic E-state index is 11.2. The van der Waals surface area contributed by atoms with Crippen LogP contribution < -0.4 is 5.32 Å². The Morgan fingerprint density at radius 3 is 2.10 bits per heavy atom. The quantitative estimate of drug-likeness (QED) is 0.800. The van der Waals surface area contributed by atoms with E-state index in [2.05, 4.69) is 43.4 Å². The van der Waals surface area contributed by atoms with Crippen LogP contribution in [0.25, 0.3) is 0 Å². The molecule has 2 heteroatoms. The van der Waals surface area contributed by atoms with Gasteiger partial charge in [-0.3, -0.25) is 4.79 Å². The highest BCUT2D eigenvalue weighted by molar-refractivity contribution is 5.94. The summed E-state index contributed by atoms with van der Waals surface area (Å²) in [7, 11) is 0. The van der Waals surface area contributed by atoms with Crippen LogP contribution >= 0.6 is 0 Å². The van der Waals surface area contributed by atoms with Gasteiger partial charge < -0.3 is 5.32 Å². The number of Topliss-reactive ketones (excluding diaryl/α,β-unsaturated/α-hetero) is 1. The maximum Gasteiger partial charge on any atom is 0.159 e. The van der Waals surface area contributed by atoms with E-state index in [9.17, 15) is 4.79 Å². The van der Waals surface area contributed by atoms with Crippen molar-refractivity contribution in [1.82, 2.24) is 0 Å². The zero-order chi connectivity index (χ0) is 14.5. The first kappa shape index (κ1) is 14.3. The molecule has 2 aromatic rings. The highest BCUT2D eigenvalue weighted by Gasteiger charge is 2.00. The summed E-state index contributed by atoms with van der Waals surface area (Å²) in [6.45, 7) is 6.77. The summed E-state index contributed by atoms with van der Waals surface area (Å²) < 4.78 is 0. The first-order chi connectivity index (χ1) is 9.56. The molecule has 0 radical (unpaired) electrons. The number of carbonyl (C=O) groups excluding carboxylic acids is 1. The summed E-state index contributed by atoms with van der Waals surface area (Å²) in [5, 5.41) is 3.36. The summed E-state index contributed by atoms with van der Waals surface area (Å²) in [6, 6.07) is 16.3. The predicted octanol–water partition coefficient (Wildman–Crippen LogP) is 4.62. The number of anilines is 1. The van der Waals surface area contributed by atoms with Gasteiger partial charge in [-0.2, -0.15) is 0 Å². The van der Waals surface area contributed by atoms with E-state index in [1.807, 2.05) is 24.3 Å². The Hall–Kier alpha value is -2.09. The molecule has 2 nitrogen and oxygen atoms in total. The number of ketones is 1. The van der Waals surface area contributed by atoms with Gasteiger partial charge >= 0.3 is 0 Å². The van der Waals surface area contributed by atoms with Crippen molar-refractivity contribution in [3.8, 4) is 0 Å². The van der Waals surface area contributed by atoms with E-state index in [1.54, 1.807) is 6.92 Å². The second kappa shape index (κ2) is 6.38. The van der Waals surface area contributed by atoms with E-state index in [-0.39, 0.29) is 5.78 Å². The van der Waals surface area contributed by atoms with Crippen LogP contribution in [0.5, 0.6) is 0 Å².